The Morgan fingerprint density at radius 3 is 2.67 bits per heavy atom. The maximum Gasteiger partial charge on any atom is 0.337 e. The Balaban J connectivity index is 2.46. The second-order valence-electron chi connectivity index (χ2n) is 3.11. The van der Waals surface area contributed by atoms with E-state index in [4.69, 9.17) is 9.84 Å². The van der Waals surface area contributed by atoms with Crippen molar-refractivity contribution in [2.75, 3.05) is 6.61 Å². The van der Waals surface area contributed by atoms with Crippen molar-refractivity contribution in [2.45, 2.75) is 0 Å². The summed E-state index contributed by atoms with van der Waals surface area (Å²) in [5, 5.41) is 10.5. The van der Waals surface area contributed by atoms with Gasteiger partial charge in [-0.1, -0.05) is 36.4 Å². The van der Waals surface area contributed by atoms with Gasteiger partial charge >= 0.3 is 5.97 Å². The van der Waals surface area contributed by atoms with Crippen LogP contribution in [-0.2, 0) is 4.79 Å². The first-order valence-electron chi connectivity index (χ1n) is 4.60. The Hall–Kier alpha value is -1.87. The highest BCUT2D eigenvalue weighted by Crippen LogP contribution is 2.24. The molecule has 3 heteroatoms. The number of hydrogen-bond acceptors (Lipinski definition) is 3. The normalized spacial score (nSPS) is 10.2. The summed E-state index contributed by atoms with van der Waals surface area (Å²) in [6, 6.07) is 13.0. The van der Waals surface area contributed by atoms with Crippen molar-refractivity contribution in [3.05, 3.63) is 42.5 Å². The molecule has 1 N–H and O–H groups in total. The van der Waals surface area contributed by atoms with Gasteiger partial charge in [0.25, 0.3) is 0 Å². The Labute approximate surface area is 86.9 Å². The predicted molar refractivity (Wildman–Crippen MR) is 56.7 cm³/mol. The van der Waals surface area contributed by atoms with Gasteiger partial charge in [0.2, 0.25) is 0 Å². The van der Waals surface area contributed by atoms with Crippen molar-refractivity contribution in [1.82, 2.24) is 0 Å². The van der Waals surface area contributed by atoms with Crippen LogP contribution >= 0.6 is 0 Å². The van der Waals surface area contributed by atoms with Crippen molar-refractivity contribution in [3.8, 4) is 5.75 Å². The number of carbonyl (C=O) groups is 1. The lowest BCUT2D eigenvalue weighted by Gasteiger charge is -2.05. The number of aliphatic hydroxyl groups excluding tert-OH is 1. The number of ether oxygens (including phenoxy) is 1. The minimum absolute atomic E-state index is 0.479. The Morgan fingerprint density at radius 2 is 1.87 bits per heavy atom. The number of fused-ring (bicyclic) bond motifs is 1. The summed E-state index contributed by atoms with van der Waals surface area (Å²) < 4.78 is 4.99. The standard InChI is InChI=1S/C12H10O3/c13-8-12(14)15-11-7-3-5-9-4-1-2-6-10(9)11/h1-7,13H,8H2. The average molecular weight is 202 g/mol. The maximum atomic E-state index is 11.0. The number of aliphatic hydroxyl groups is 1. The first kappa shape index (κ1) is 9.68. The van der Waals surface area contributed by atoms with Gasteiger partial charge in [-0.05, 0) is 11.5 Å². The summed E-state index contributed by atoms with van der Waals surface area (Å²) in [6.07, 6.45) is 0. The highest BCUT2D eigenvalue weighted by molar-refractivity contribution is 5.90. The molecule has 0 radical (unpaired) electrons. The van der Waals surface area contributed by atoms with E-state index in [1.54, 1.807) is 6.07 Å². The maximum absolute atomic E-state index is 11.0. The van der Waals surface area contributed by atoms with E-state index in [1.807, 2.05) is 36.4 Å². The Bertz CT molecular complexity index is 486. The molecule has 0 aliphatic carbocycles. The fourth-order valence-electron chi connectivity index (χ4n) is 1.44. The van der Waals surface area contributed by atoms with Crippen molar-refractivity contribution >= 4 is 16.7 Å². The SMILES string of the molecule is O=C(CO)Oc1cccc2ccccc12. The van der Waals surface area contributed by atoms with Gasteiger partial charge in [0.05, 0.1) is 0 Å². The summed E-state index contributed by atoms with van der Waals surface area (Å²) in [7, 11) is 0. The molecule has 0 unspecified atom stereocenters. The second-order valence-corrected chi connectivity index (χ2v) is 3.11. The first-order valence-corrected chi connectivity index (χ1v) is 4.60. The van der Waals surface area contributed by atoms with Crippen LogP contribution in [-0.4, -0.2) is 17.7 Å². The molecule has 0 spiro atoms. The molecule has 0 aromatic heterocycles. The molecule has 76 valence electrons. The first-order chi connectivity index (χ1) is 7.31. The van der Waals surface area contributed by atoms with Gasteiger partial charge in [0, 0.05) is 5.39 Å². The van der Waals surface area contributed by atoms with Crippen LogP contribution in [0.15, 0.2) is 42.5 Å². The van der Waals surface area contributed by atoms with Gasteiger partial charge < -0.3 is 9.84 Å². The molecule has 0 saturated carbocycles. The van der Waals surface area contributed by atoms with E-state index in [0.717, 1.165) is 10.8 Å². The van der Waals surface area contributed by atoms with Gasteiger partial charge in [0.15, 0.2) is 0 Å². The van der Waals surface area contributed by atoms with E-state index in [2.05, 4.69) is 0 Å². The zero-order chi connectivity index (χ0) is 10.7. The molecule has 2 aromatic carbocycles. The molecular weight excluding hydrogens is 192 g/mol. The molecule has 0 heterocycles. The number of hydrogen-bond donors (Lipinski definition) is 1. The quantitative estimate of drug-likeness (QED) is 0.596. The number of benzene rings is 2. The lowest BCUT2D eigenvalue weighted by atomic mass is 10.1. The minimum Gasteiger partial charge on any atom is -0.424 e. The summed E-state index contributed by atoms with van der Waals surface area (Å²) in [4.78, 5) is 11.0. The molecule has 2 rings (SSSR count). The Kier molecular flexibility index (Phi) is 2.65. The molecule has 0 aliphatic heterocycles. The van der Waals surface area contributed by atoms with Crippen molar-refractivity contribution in [3.63, 3.8) is 0 Å². The fraction of sp³-hybridized carbons (Fsp3) is 0.0833. The lowest BCUT2D eigenvalue weighted by Crippen LogP contribution is -2.12. The molecule has 0 aliphatic rings. The molecule has 0 saturated heterocycles. The minimum atomic E-state index is -0.647. The van der Waals surface area contributed by atoms with E-state index >= 15 is 0 Å². The molecule has 0 atom stereocenters. The summed E-state index contributed by atoms with van der Waals surface area (Å²) in [5.74, 6) is -0.168. The molecule has 2 aromatic rings. The monoisotopic (exact) mass is 202 g/mol. The highest BCUT2D eigenvalue weighted by Gasteiger charge is 2.05. The topological polar surface area (TPSA) is 46.5 Å². The molecule has 0 bridgehead atoms. The van der Waals surface area contributed by atoms with Gasteiger partial charge in [0.1, 0.15) is 12.4 Å². The van der Waals surface area contributed by atoms with Gasteiger partial charge in [-0.25, -0.2) is 4.79 Å². The van der Waals surface area contributed by atoms with Crippen LogP contribution < -0.4 is 4.74 Å². The van der Waals surface area contributed by atoms with Crippen LogP contribution in [0.2, 0.25) is 0 Å². The van der Waals surface area contributed by atoms with Crippen LogP contribution in [0.5, 0.6) is 5.75 Å². The molecule has 0 fully saturated rings. The third kappa shape index (κ3) is 1.97. The third-order valence-corrected chi connectivity index (χ3v) is 2.10. The summed E-state index contributed by atoms with van der Waals surface area (Å²) >= 11 is 0. The van der Waals surface area contributed by atoms with Gasteiger partial charge in [-0.15, -0.1) is 0 Å². The largest absolute Gasteiger partial charge is 0.424 e. The summed E-state index contributed by atoms with van der Waals surface area (Å²) in [6.45, 7) is -0.608. The van der Waals surface area contributed by atoms with Crippen molar-refractivity contribution < 1.29 is 14.6 Å². The van der Waals surface area contributed by atoms with Crippen LogP contribution in [0.4, 0.5) is 0 Å². The molecule has 15 heavy (non-hydrogen) atoms. The Morgan fingerprint density at radius 1 is 1.13 bits per heavy atom. The fourth-order valence-corrected chi connectivity index (χ4v) is 1.44. The summed E-state index contributed by atoms with van der Waals surface area (Å²) in [5.41, 5.74) is 0. The highest BCUT2D eigenvalue weighted by atomic mass is 16.5. The van der Waals surface area contributed by atoms with E-state index in [9.17, 15) is 4.79 Å². The van der Waals surface area contributed by atoms with Crippen molar-refractivity contribution in [2.24, 2.45) is 0 Å². The van der Waals surface area contributed by atoms with Crippen LogP contribution in [0.25, 0.3) is 10.8 Å². The van der Waals surface area contributed by atoms with E-state index in [-0.39, 0.29) is 0 Å². The van der Waals surface area contributed by atoms with E-state index in [0.29, 0.717) is 5.75 Å². The van der Waals surface area contributed by atoms with Crippen LogP contribution in [0, 0.1) is 0 Å². The molecule has 0 amide bonds. The van der Waals surface area contributed by atoms with Crippen LogP contribution in [0.3, 0.4) is 0 Å². The van der Waals surface area contributed by atoms with Crippen LogP contribution in [0.1, 0.15) is 0 Å². The van der Waals surface area contributed by atoms with Gasteiger partial charge in [-0.3, -0.25) is 0 Å². The van der Waals surface area contributed by atoms with E-state index < -0.39 is 12.6 Å². The average Bonchev–Trinajstić information content (AvgIpc) is 2.29. The molecular formula is C12H10O3. The number of esters is 1. The third-order valence-electron chi connectivity index (χ3n) is 2.10. The number of carbonyl (C=O) groups excluding carboxylic acids is 1. The zero-order valence-electron chi connectivity index (χ0n) is 8.01. The second kappa shape index (κ2) is 4.11. The van der Waals surface area contributed by atoms with E-state index in [1.165, 1.54) is 0 Å². The number of rotatable bonds is 2. The van der Waals surface area contributed by atoms with Gasteiger partial charge in [-0.2, -0.15) is 0 Å². The lowest BCUT2D eigenvalue weighted by molar-refractivity contribution is -0.137. The smallest absolute Gasteiger partial charge is 0.337 e. The van der Waals surface area contributed by atoms with Crippen molar-refractivity contribution in [1.29, 1.82) is 0 Å². The molecule has 3 nitrogen and oxygen atoms in total. The predicted octanol–water partition coefficient (Wildman–Crippen LogP) is 1.74. The zero-order valence-corrected chi connectivity index (χ0v) is 8.01.